The Morgan fingerprint density at radius 2 is 2.27 bits per heavy atom. The molecular formula is C17H16N6O3. The van der Waals surface area contributed by atoms with E-state index < -0.39 is 0 Å². The van der Waals surface area contributed by atoms with Crippen LogP contribution in [0.25, 0.3) is 22.6 Å². The Bertz CT molecular complexity index is 1060. The first-order valence-corrected chi connectivity index (χ1v) is 8.06. The Morgan fingerprint density at radius 1 is 1.38 bits per heavy atom. The van der Waals surface area contributed by atoms with Gasteiger partial charge in [-0.3, -0.25) is 9.48 Å². The zero-order valence-electron chi connectivity index (χ0n) is 14.3. The third-order valence-electron chi connectivity index (χ3n) is 3.92. The number of pyridine rings is 1. The minimum atomic E-state index is -0.162. The number of carbonyl (C=O) groups excluding carboxylic acids is 1. The van der Waals surface area contributed by atoms with Crippen molar-refractivity contribution in [2.45, 2.75) is 19.8 Å². The van der Waals surface area contributed by atoms with E-state index in [4.69, 9.17) is 8.94 Å². The molecule has 0 aliphatic heterocycles. The van der Waals surface area contributed by atoms with Gasteiger partial charge in [-0.15, -0.1) is 0 Å². The van der Waals surface area contributed by atoms with Crippen LogP contribution in [0.4, 0.5) is 5.69 Å². The van der Waals surface area contributed by atoms with Crippen LogP contribution >= 0.6 is 0 Å². The van der Waals surface area contributed by atoms with E-state index in [1.807, 2.05) is 20.0 Å². The number of fused-ring (bicyclic) bond motifs is 1. The average molecular weight is 352 g/mol. The molecule has 0 aliphatic carbocycles. The van der Waals surface area contributed by atoms with Crippen molar-refractivity contribution in [2.75, 3.05) is 5.32 Å². The standard InChI is InChI=1S/C17H16N6O3/c1-10-12-8-11(9-18-17(12)23(2)21-10)19-14(24)5-6-15-20-16(22-26-15)13-4-3-7-25-13/h3-4,7-9H,5-6H2,1-2H3,(H,19,24). The first-order valence-electron chi connectivity index (χ1n) is 8.06. The number of aryl methyl sites for hydroxylation is 3. The van der Waals surface area contributed by atoms with Gasteiger partial charge in [0.2, 0.25) is 17.6 Å². The maximum absolute atomic E-state index is 12.2. The van der Waals surface area contributed by atoms with E-state index in [0.29, 0.717) is 29.6 Å². The Kier molecular flexibility index (Phi) is 3.96. The Balaban J connectivity index is 1.39. The van der Waals surface area contributed by atoms with E-state index in [1.165, 1.54) is 6.26 Å². The van der Waals surface area contributed by atoms with E-state index >= 15 is 0 Å². The fourth-order valence-electron chi connectivity index (χ4n) is 2.68. The number of aromatic nitrogens is 5. The molecule has 4 aromatic heterocycles. The molecule has 4 heterocycles. The second kappa shape index (κ2) is 6.43. The number of amides is 1. The molecule has 26 heavy (non-hydrogen) atoms. The monoisotopic (exact) mass is 352 g/mol. The Morgan fingerprint density at radius 3 is 3.08 bits per heavy atom. The minimum Gasteiger partial charge on any atom is -0.461 e. The molecule has 9 nitrogen and oxygen atoms in total. The summed E-state index contributed by atoms with van der Waals surface area (Å²) in [4.78, 5) is 20.7. The Hall–Kier alpha value is -3.49. The lowest BCUT2D eigenvalue weighted by atomic mass is 10.2. The molecule has 4 aromatic rings. The first-order chi connectivity index (χ1) is 12.6. The molecule has 0 bridgehead atoms. The highest BCUT2D eigenvalue weighted by atomic mass is 16.5. The molecule has 1 N–H and O–H groups in total. The summed E-state index contributed by atoms with van der Waals surface area (Å²) in [7, 11) is 1.84. The van der Waals surface area contributed by atoms with Gasteiger partial charge in [0.05, 0.1) is 23.8 Å². The maximum Gasteiger partial charge on any atom is 0.238 e. The van der Waals surface area contributed by atoms with Gasteiger partial charge in [0, 0.05) is 25.3 Å². The van der Waals surface area contributed by atoms with Crippen LogP contribution in [0, 0.1) is 6.92 Å². The molecule has 132 valence electrons. The van der Waals surface area contributed by atoms with Crippen molar-refractivity contribution in [1.29, 1.82) is 0 Å². The van der Waals surface area contributed by atoms with Gasteiger partial charge in [0.1, 0.15) is 0 Å². The van der Waals surface area contributed by atoms with Gasteiger partial charge >= 0.3 is 0 Å². The molecule has 1 amide bonds. The lowest BCUT2D eigenvalue weighted by Gasteiger charge is -2.04. The predicted molar refractivity (Wildman–Crippen MR) is 92.2 cm³/mol. The normalized spacial score (nSPS) is 11.2. The smallest absolute Gasteiger partial charge is 0.238 e. The first kappa shape index (κ1) is 16.0. The van der Waals surface area contributed by atoms with E-state index in [1.54, 1.807) is 23.0 Å². The molecule has 4 rings (SSSR count). The van der Waals surface area contributed by atoms with Crippen LogP contribution < -0.4 is 5.32 Å². The highest BCUT2D eigenvalue weighted by molar-refractivity contribution is 5.93. The number of nitrogens with one attached hydrogen (secondary N) is 1. The van der Waals surface area contributed by atoms with Crippen molar-refractivity contribution in [2.24, 2.45) is 7.05 Å². The van der Waals surface area contributed by atoms with Gasteiger partial charge in [-0.05, 0) is 25.1 Å². The topological polar surface area (TPSA) is 112 Å². The van der Waals surface area contributed by atoms with Gasteiger partial charge in [0.25, 0.3) is 0 Å². The molecule has 0 fully saturated rings. The van der Waals surface area contributed by atoms with Crippen molar-refractivity contribution in [3.63, 3.8) is 0 Å². The zero-order valence-corrected chi connectivity index (χ0v) is 14.3. The largest absolute Gasteiger partial charge is 0.461 e. The SMILES string of the molecule is Cc1nn(C)c2ncc(NC(=O)CCc3nc(-c4ccco4)no3)cc12. The van der Waals surface area contributed by atoms with Crippen molar-refractivity contribution in [3.8, 4) is 11.6 Å². The van der Waals surface area contributed by atoms with Gasteiger partial charge in [-0.2, -0.15) is 10.1 Å². The summed E-state index contributed by atoms with van der Waals surface area (Å²) >= 11 is 0. The molecular weight excluding hydrogens is 336 g/mol. The van der Waals surface area contributed by atoms with Crippen LogP contribution in [0.15, 0.2) is 39.6 Å². The van der Waals surface area contributed by atoms with Gasteiger partial charge in [0.15, 0.2) is 11.4 Å². The lowest BCUT2D eigenvalue weighted by Crippen LogP contribution is -2.12. The van der Waals surface area contributed by atoms with Gasteiger partial charge in [-0.1, -0.05) is 5.16 Å². The van der Waals surface area contributed by atoms with Crippen LogP contribution in [0.2, 0.25) is 0 Å². The number of carbonyl (C=O) groups is 1. The fraction of sp³-hybridized carbons (Fsp3) is 0.235. The molecule has 0 saturated heterocycles. The minimum absolute atomic E-state index is 0.162. The number of nitrogens with zero attached hydrogens (tertiary/aromatic N) is 5. The number of hydrogen-bond acceptors (Lipinski definition) is 7. The van der Waals surface area contributed by atoms with E-state index in [0.717, 1.165) is 16.7 Å². The predicted octanol–water partition coefficient (Wildman–Crippen LogP) is 2.49. The third-order valence-corrected chi connectivity index (χ3v) is 3.92. The number of anilines is 1. The lowest BCUT2D eigenvalue weighted by molar-refractivity contribution is -0.116. The zero-order chi connectivity index (χ0) is 18.1. The molecule has 0 spiro atoms. The van der Waals surface area contributed by atoms with Crippen LogP contribution in [-0.4, -0.2) is 30.8 Å². The summed E-state index contributed by atoms with van der Waals surface area (Å²) in [5, 5.41) is 11.9. The summed E-state index contributed by atoms with van der Waals surface area (Å²) in [5.74, 6) is 1.11. The van der Waals surface area contributed by atoms with Crippen molar-refractivity contribution in [1.82, 2.24) is 24.9 Å². The molecule has 0 radical (unpaired) electrons. The molecule has 0 aliphatic rings. The quantitative estimate of drug-likeness (QED) is 0.587. The van der Waals surface area contributed by atoms with E-state index in [-0.39, 0.29) is 12.3 Å². The van der Waals surface area contributed by atoms with Gasteiger partial charge < -0.3 is 14.3 Å². The second-order valence-corrected chi connectivity index (χ2v) is 5.84. The van der Waals surface area contributed by atoms with Crippen LogP contribution in [0.1, 0.15) is 18.0 Å². The van der Waals surface area contributed by atoms with Crippen LogP contribution in [0.3, 0.4) is 0 Å². The van der Waals surface area contributed by atoms with Crippen molar-refractivity contribution >= 4 is 22.6 Å². The summed E-state index contributed by atoms with van der Waals surface area (Å²) in [6.45, 7) is 1.90. The highest BCUT2D eigenvalue weighted by Gasteiger charge is 2.13. The highest BCUT2D eigenvalue weighted by Crippen LogP contribution is 2.20. The maximum atomic E-state index is 12.2. The molecule has 0 aromatic carbocycles. The Labute approximate surface area is 148 Å². The van der Waals surface area contributed by atoms with Gasteiger partial charge in [-0.25, -0.2) is 4.98 Å². The summed E-state index contributed by atoms with van der Waals surface area (Å²) in [6, 6.07) is 5.35. The number of furan rings is 1. The number of rotatable bonds is 5. The summed E-state index contributed by atoms with van der Waals surface area (Å²) in [5.41, 5.74) is 2.26. The van der Waals surface area contributed by atoms with Crippen molar-refractivity contribution in [3.05, 3.63) is 42.2 Å². The molecule has 9 heteroatoms. The van der Waals surface area contributed by atoms with Crippen LogP contribution in [0.5, 0.6) is 0 Å². The van der Waals surface area contributed by atoms with Crippen molar-refractivity contribution < 1.29 is 13.7 Å². The fourth-order valence-corrected chi connectivity index (χ4v) is 2.68. The molecule has 0 atom stereocenters. The molecule has 0 saturated carbocycles. The summed E-state index contributed by atoms with van der Waals surface area (Å²) in [6.07, 6.45) is 3.70. The van der Waals surface area contributed by atoms with Crippen LogP contribution in [-0.2, 0) is 18.3 Å². The average Bonchev–Trinajstić information content (AvgIpc) is 3.35. The summed E-state index contributed by atoms with van der Waals surface area (Å²) < 4.78 is 12.1. The second-order valence-electron chi connectivity index (χ2n) is 5.84. The van der Waals surface area contributed by atoms with E-state index in [2.05, 4.69) is 25.5 Å². The van der Waals surface area contributed by atoms with E-state index in [9.17, 15) is 4.79 Å². The third kappa shape index (κ3) is 3.06. The molecule has 0 unspecified atom stereocenters. The number of hydrogen-bond donors (Lipinski definition) is 1.